The SMILES string of the molecule is COc1cc(-c2nc(-c3ccccc3)no2)c(-n2c(-c3ccccc3)noc2=O)cc1OC. The smallest absolute Gasteiger partial charge is 0.446 e. The van der Waals surface area contributed by atoms with Crippen molar-refractivity contribution in [2.45, 2.75) is 0 Å². The molecule has 0 unspecified atom stereocenters. The van der Waals surface area contributed by atoms with Crippen LogP contribution in [0.2, 0.25) is 0 Å². The van der Waals surface area contributed by atoms with Crippen LogP contribution in [0.4, 0.5) is 0 Å². The molecule has 0 fully saturated rings. The molecule has 5 aromatic rings. The molecular formula is C24H18N4O5. The fraction of sp³-hybridized carbons (Fsp3) is 0.0833. The molecular weight excluding hydrogens is 424 g/mol. The van der Waals surface area contributed by atoms with E-state index >= 15 is 0 Å². The second-order valence-corrected chi connectivity index (χ2v) is 6.99. The summed E-state index contributed by atoms with van der Waals surface area (Å²) in [5.74, 6) is 1.08. The van der Waals surface area contributed by atoms with Gasteiger partial charge >= 0.3 is 5.76 Å². The minimum absolute atomic E-state index is 0.192. The van der Waals surface area contributed by atoms with Gasteiger partial charge in [-0.15, -0.1) is 0 Å². The van der Waals surface area contributed by atoms with Crippen LogP contribution in [0.25, 0.3) is 39.9 Å². The molecule has 0 saturated heterocycles. The molecule has 0 aliphatic heterocycles. The summed E-state index contributed by atoms with van der Waals surface area (Å²) < 4.78 is 22.9. The minimum atomic E-state index is -0.676. The first-order valence-electron chi connectivity index (χ1n) is 9.99. The van der Waals surface area contributed by atoms with Crippen LogP contribution in [0, 0.1) is 0 Å². The first-order chi connectivity index (χ1) is 16.2. The third-order valence-corrected chi connectivity index (χ3v) is 5.07. The Morgan fingerprint density at radius 1 is 0.788 bits per heavy atom. The van der Waals surface area contributed by atoms with Crippen molar-refractivity contribution in [2.24, 2.45) is 0 Å². The fourth-order valence-corrected chi connectivity index (χ4v) is 3.49. The van der Waals surface area contributed by atoms with Gasteiger partial charge < -0.3 is 14.0 Å². The lowest BCUT2D eigenvalue weighted by Crippen LogP contribution is -2.14. The zero-order valence-electron chi connectivity index (χ0n) is 17.8. The lowest BCUT2D eigenvalue weighted by atomic mass is 10.1. The highest BCUT2D eigenvalue weighted by Gasteiger charge is 2.24. The van der Waals surface area contributed by atoms with Crippen molar-refractivity contribution in [3.8, 4) is 51.4 Å². The zero-order valence-corrected chi connectivity index (χ0v) is 17.8. The Morgan fingerprint density at radius 3 is 2.09 bits per heavy atom. The quantitative estimate of drug-likeness (QED) is 0.385. The molecule has 9 nitrogen and oxygen atoms in total. The van der Waals surface area contributed by atoms with Gasteiger partial charge in [0.2, 0.25) is 5.82 Å². The van der Waals surface area contributed by atoms with Gasteiger partial charge in [0.05, 0.1) is 25.5 Å². The largest absolute Gasteiger partial charge is 0.493 e. The lowest BCUT2D eigenvalue weighted by Gasteiger charge is -2.14. The number of hydrogen-bond donors (Lipinski definition) is 0. The van der Waals surface area contributed by atoms with Crippen molar-refractivity contribution >= 4 is 0 Å². The number of ether oxygens (including phenoxy) is 2. The monoisotopic (exact) mass is 442 g/mol. The summed E-state index contributed by atoms with van der Waals surface area (Å²) in [7, 11) is 3.03. The number of benzene rings is 3. The average Bonchev–Trinajstić information content (AvgIpc) is 3.51. The van der Waals surface area contributed by atoms with E-state index in [0.717, 1.165) is 5.56 Å². The van der Waals surface area contributed by atoms with Gasteiger partial charge in [0.25, 0.3) is 5.89 Å². The molecule has 9 heteroatoms. The van der Waals surface area contributed by atoms with E-state index in [4.69, 9.17) is 18.5 Å². The third-order valence-electron chi connectivity index (χ3n) is 5.07. The second kappa shape index (κ2) is 8.46. The lowest BCUT2D eigenvalue weighted by molar-refractivity contribution is 0.354. The molecule has 2 aromatic heterocycles. The maximum atomic E-state index is 12.8. The molecule has 0 spiro atoms. The van der Waals surface area contributed by atoms with Crippen LogP contribution >= 0.6 is 0 Å². The normalized spacial score (nSPS) is 10.8. The summed E-state index contributed by atoms with van der Waals surface area (Å²) in [6, 6.07) is 22.0. The van der Waals surface area contributed by atoms with Gasteiger partial charge in [0, 0.05) is 17.2 Å². The number of nitrogens with zero attached hydrogens (tertiary/aromatic N) is 4. The molecule has 2 heterocycles. The molecule has 0 aliphatic rings. The van der Waals surface area contributed by atoms with Crippen molar-refractivity contribution in [1.82, 2.24) is 19.9 Å². The fourth-order valence-electron chi connectivity index (χ4n) is 3.49. The standard InChI is InChI=1S/C24H18N4O5/c1-30-19-13-17(23-25-21(26-32-23)15-9-5-3-6-10-15)18(14-20(19)31-2)28-22(27-33-24(28)29)16-11-7-4-8-12-16/h3-14H,1-2H3. The van der Waals surface area contributed by atoms with Crippen molar-refractivity contribution in [3.05, 3.63) is 83.3 Å². The summed E-state index contributed by atoms with van der Waals surface area (Å²) in [4.78, 5) is 17.3. The molecule has 0 aliphatic carbocycles. The maximum absolute atomic E-state index is 12.8. The highest BCUT2D eigenvalue weighted by atomic mass is 16.5. The summed E-state index contributed by atoms with van der Waals surface area (Å²) in [5, 5.41) is 8.09. The van der Waals surface area contributed by atoms with Crippen molar-refractivity contribution in [3.63, 3.8) is 0 Å². The predicted octanol–water partition coefficient (Wildman–Crippen LogP) is 4.23. The van der Waals surface area contributed by atoms with E-state index in [1.165, 1.54) is 18.8 Å². The van der Waals surface area contributed by atoms with Crippen LogP contribution in [0.3, 0.4) is 0 Å². The van der Waals surface area contributed by atoms with Crippen LogP contribution in [0.5, 0.6) is 11.5 Å². The van der Waals surface area contributed by atoms with Gasteiger partial charge in [-0.25, -0.2) is 9.36 Å². The third kappa shape index (κ3) is 3.65. The molecule has 0 radical (unpaired) electrons. The van der Waals surface area contributed by atoms with Crippen LogP contribution in [-0.2, 0) is 0 Å². The van der Waals surface area contributed by atoms with Crippen LogP contribution in [0.15, 0.2) is 86.6 Å². The zero-order chi connectivity index (χ0) is 22.8. The number of rotatable bonds is 6. The van der Waals surface area contributed by atoms with E-state index < -0.39 is 5.76 Å². The number of methoxy groups -OCH3 is 2. The topological polar surface area (TPSA) is 105 Å². The molecule has 0 N–H and O–H groups in total. The molecule has 33 heavy (non-hydrogen) atoms. The highest BCUT2D eigenvalue weighted by molar-refractivity contribution is 5.74. The maximum Gasteiger partial charge on any atom is 0.446 e. The van der Waals surface area contributed by atoms with E-state index in [0.29, 0.717) is 40.0 Å². The van der Waals surface area contributed by atoms with Gasteiger partial charge in [0.15, 0.2) is 17.3 Å². The van der Waals surface area contributed by atoms with Gasteiger partial charge in [-0.3, -0.25) is 4.52 Å². The Balaban J connectivity index is 1.74. The van der Waals surface area contributed by atoms with Gasteiger partial charge in [-0.2, -0.15) is 4.98 Å². The molecule has 3 aromatic carbocycles. The summed E-state index contributed by atoms with van der Waals surface area (Å²) >= 11 is 0. The summed E-state index contributed by atoms with van der Waals surface area (Å²) in [6.07, 6.45) is 0. The minimum Gasteiger partial charge on any atom is -0.493 e. The van der Waals surface area contributed by atoms with Crippen molar-refractivity contribution < 1.29 is 18.5 Å². The predicted molar refractivity (Wildman–Crippen MR) is 119 cm³/mol. The van der Waals surface area contributed by atoms with Gasteiger partial charge in [0.1, 0.15) is 0 Å². The van der Waals surface area contributed by atoms with Crippen LogP contribution in [-0.4, -0.2) is 34.1 Å². The van der Waals surface area contributed by atoms with E-state index in [2.05, 4.69) is 15.3 Å². The Bertz CT molecular complexity index is 1460. The Labute approximate surface area is 187 Å². The van der Waals surface area contributed by atoms with E-state index in [1.54, 1.807) is 12.1 Å². The number of hydrogen-bond acceptors (Lipinski definition) is 8. The summed E-state index contributed by atoms with van der Waals surface area (Å²) in [5.41, 5.74) is 2.33. The Kier molecular flexibility index (Phi) is 5.19. The van der Waals surface area contributed by atoms with E-state index in [-0.39, 0.29) is 5.89 Å². The molecule has 0 bridgehead atoms. The first kappa shape index (κ1) is 20.3. The van der Waals surface area contributed by atoms with Crippen LogP contribution in [0.1, 0.15) is 0 Å². The van der Waals surface area contributed by atoms with Crippen LogP contribution < -0.4 is 15.2 Å². The molecule has 5 rings (SSSR count). The molecule has 0 amide bonds. The molecule has 0 atom stereocenters. The molecule has 0 saturated carbocycles. The highest BCUT2D eigenvalue weighted by Crippen LogP contribution is 2.38. The Morgan fingerprint density at radius 2 is 1.42 bits per heavy atom. The van der Waals surface area contributed by atoms with Gasteiger partial charge in [-0.1, -0.05) is 71.0 Å². The molecule has 164 valence electrons. The van der Waals surface area contributed by atoms with Crippen molar-refractivity contribution in [1.29, 1.82) is 0 Å². The van der Waals surface area contributed by atoms with Gasteiger partial charge in [-0.05, 0) is 6.07 Å². The summed E-state index contributed by atoms with van der Waals surface area (Å²) in [6.45, 7) is 0. The first-order valence-corrected chi connectivity index (χ1v) is 9.99. The number of aromatic nitrogens is 4. The average molecular weight is 442 g/mol. The second-order valence-electron chi connectivity index (χ2n) is 6.99. The van der Waals surface area contributed by atoms with Crippen molar-refractivity contribution in [2.75, 3.05) is 14.2 Å². The van der Waals surface area contributed by atoms with E-state index in [9.17, 15) is 4.79 Å². The Hall–Kier alpha value is -4.66. The van der Waals surface area contributed by atoms with E-state index in [1.807, 2.05) is 60.7 Å².